The molecular formula is C13H14O4. The fourth-order valence-electron chi connectivity index (χ4n) is 1.78. The highest BCUT2D eigenvalue weighted by molar-refractivity contribution is 5.79. The van der Waals surface area contributed by atoms with Gasteiger partial charge >= 0.3 is 5.97 Å². The van der Waals surface area contributed by atoms with Crippen molar-refractivity contribution in [2.45, 2.75) is 25.0 Å². The Morgan fingerprint density at radius 3 is 2.71 bits per heavy atom. The van der Waals surface area contributed by atoms with E-state index in [0.29, 0.717) is 19.3 Å². The molecule has 4 nitrogen and oxygen atoms in total. The molecule has 1 aliphatic heterocycles. The van der Waals surface area contributed by atoms with Crippen LogP contribution in [0.3, 0.4) is 0 Å². The maximum Gasteiger partial charge on any atom is 0.307 e. The smallest absolute Gasteiger partial charge is 0.307 e. The second-order valence-electron chi connectivity index (χ2n) is 4.14. The molecule has 0 N–H and O–H groups in total. The van der Waals surface area contributed by atoms with Gasteiger partial charge in [0.05, 0.1) is 13.2 Å². The summed E-state index contributed by atoms with van der Waals surface area (Å²) in [5.41, 5.74) is -0.0378. The lowest BCUT2D eigenvalue weighted by molar-refractivity contribution is -0.158. The summed E-state index contributed by atoms with van der Waals surface area (Å²) in [6, 6.07) is 9.64. The average Bonchev–Trinajstić information content (AvgIpc) is 2.73. The number of esters is 1. The number of aldehydes is 1. The van der Waals surface area contributed by atoms with Gasteiger partial charge in [-0.15, -0.1) is 0 Å². The molecule has 0 amide bonds. The second kappa shape index (κ2) is 5.10. The van der Waals surface area contributed by atoms with Crippen LogP contribution in [0.2, 0.25) is 0 Å². The zero-order valence-corrected chi connectivity index (χ0v) is 9.43. The zero-order chi connectivity index (χ0) is 12.1. The van der Waals surface area contributed by atoms with E-state index >= 15 is 0 Å². The van der Waals surface area contributed by atoms with Gasteiger partial charge in [-0.3, -0.25) is 9.59 Å². The van der Waals surface area contributed by atoms with Crippen molar-refractivity contribution in [2.75, 3.05) is 6.61 Å². The van der Waals surface area contributed by atoms with Gasteiger partial charge in [0.1, 0.15) is 0 Å². The first-order chi connectivity index (χ1) is 8.24. The van der Waals surface area contributed by atoms with Crippen LogP contribution in [-0.4, -0.2) is 24.5 Å². The molecule has 1 aromatic carbocycles. The first-order valence-electron chi connectivity index (χ1n) is 5.54. The molecule has 1 aromatic rings. The van der Waals surface area contributed by atoms with E-state index in [4.69, 9.17) is 9.47 Å². The zero-order valence-electron chi connectivity index (χ0n) is 9.43. The first kappa shape index (κ1) is 11.8. The Kier molecular flexibility index (Phi) is 3.54. The van der Waals surface area contributed by atoms with Gasteiger partial charge < -0.3 is 9.47 Å². The Labute approximate surface area is 99.5 Å². The highest BCUT2D eigenvalue weighted by Crippen LogP contribution is 2.25. The van der Waals surface area contributed by atoms with Gasteiger partial charge in [-0.05, 0) is 5.56 Å². The van der Waals surface area contributed by atoms with E-state index < -0.39 is 5.60 Å². The van der Waals surface area contributed by atoms with Crippen LogP contribution in [0, 0.1) is 0 Å². The lowest BCUT2D eigenvalue weighted by Crippen LogP contribution is -2.36. The van der Waals surface area contributed by atoms with Gasteiger partial charge in [0.25, 0.3) is 0 Å². The monoisotopic (exact) mass is 234 g/mol. The summed E-state index contributed by atoms with van der Waals surface area (Å²) in [4.78, 5) is 22.0. The van der Waals surface area contributed by atoms with Crippen molar-refractivity contribution >= 4 is 12.3 Å². The summed E-state index contributed by atoms with van der Waals surface area (Å²) < 4.78 is 10.4. The molecule has 1 atom stereocenters. The van der Waals surface area contributed by atoms with Gasteiger partial charge in [0.2, 0.25) is 0 Å². The van der Waals surface area contributed by atoms with Crippen molar-refractivity contribution in [3.05, 3.63) is 35.9 Å². The Bertz CT molecular complexity index is 401. The van der Waals surface area contributed by atoms with Crippen molar-refractivity contribution in [1.29, 1.82) is 0 Å². The number of ether oxygens (including phenoxy) is 2. The average molecular weight is 234 g/mol. The number of carbonyl (C=O) groups is 2. The van der Waals surface area contributed by atoms with Crippen molar-refractivity contribution in [1.82, 2.24) is 0 Å². The molecule has 0 aliphatic carbocycles. The van der Waals surface area contributed by atoms with Gasteiger partial charge in [-0.25, -0.2) is 0 Å². The molecular weight excluding hydrogens is 220 g/mol. The summed E-state index contributed by atoms with van der Waals surface area (Å²) >= 11 is 0. The molecule has 1 fully saturated rings. The van der Waals surface area contributed by atoms with Gasteiger partial charge in [0, 0.05) is 12.8 Å². The standard InChI is InChI=1S/C13H14O4/c14-9-13(7-6-12(15)17-13)10-16-8-11-4-2-1-3-5-11/h1-5,9H,6-8,10H2/t13-/m0/s1. The molecule has 1 saturated heterocycles. The number of benzene rings is 1. The molecule has 0 spiro atoms. The highest BCUT2D eigenvalue weighted by Gasteiger charge is 2.40. The van der Waals surface area contributed by atoms with E-state index in [2.05, 4.69) is 0 Å². The quantitative estimate of drug-likeness (QED) is 0.572. The highest BCUT2D eigenvalue weighted by atomic mass is 16.6. The van der Waals surface area contributed by atoms with Crippen LogP contribution >= 0.6 is 0 Å². The largest absolute Gasteiger partial charge is 0.449 e. The summed E-state index contributed by atoms with van der Waals surface area (Å²) in [6.07, 6.45) is 1.36. The maximum absolute atomic E-state index is 11.0. The number of hydrogen-bond acceptors (Lipinski definition) is 4. The molecule has 1 heterocycles. The van der Waals surface area contributed by atoms with Gasteiger partial charge in [-0.1, -0.05) is 30.3 Å². The van der Waals surface area contributed by atoms with Crippen LogP contribution < -0.4 is 0 Å². The van der Waals surface area contributed by atoms with Crippen LogP contribution in [0.1, 0.15) is 18.4 Å². The molecule has 4 heteroatoms. The number of cyclic esters (lactones) is 1. The molecule has 17 heavy (non-hydrogen) atoms. The van der Waals surface area contributed by atoms with E-state index in [-0.39, 0.29) is 19.0 Å². The summed E-state index contributed by atoms with van der Waals surface area (Å²) in [5.74, 6) is -0.333. The summed E-state index contributed by atoms with van der Waals surface area (Å²) in [7, 11) is 0. The number of rotatable bonds is 5. The fraction of sp³-hybridized carbons (Fsp3) is 0.385. The van der Waals surface area contributed by atoms with Gasteiger partial charge in [-0.2, -0.15) is 0 Å². The minimum Gasteiger partial charge on any atom is -0.449 e. The van der Waals surface area contributed by atoms with Crippen LogP contribution in [0.25, 0.3) is 0 Å². The number of carbonyl (C=O) groups excluding carboxylic acids is 2. The topological polar surface area (TPSA) is 52.6 Å². The maximum atomic E-state index is 11.0. The third-order valence-electron chi connectivity index (χ3n) is 2.74. The van der Waals surface area contributed by atoms with Crippen LogP contribution in [0.4, 0.5) is 0 Å². The van der Waals surface area contributed by atoms with Crippen molar-refractivity contribution in [3.63, 3.8) is 0 Å². The first-order valence-corrected chi connectivity index (χ1v) is 5.54. The Balaban J connectivity index is 1.85. The van der Waals surface area contributed by atoms with Crippen LogP contribution in [0.5, 0.6) is 0 Å². The Morgan fingerprint density at radius 2 is 2.12 bits per heavy atom. The Morgan fingerprint density at radius 1 is 1.35 bits per heavy atom. The summed E-state index contributed by atoms with van der Waals surface area (Å²) in [5, 5.41) is 0. The van der Waals surface area contributed by atoms with E-state index in [0.717, 1.165) is 5.56 Å². The van der Waals surface area contributed by atoms with E-state index in [1.165, 1.54) is 0 Å². The lowest BCUT2D eigenvalue weighted by Gasteiger charge is -2.20. The third-order valence-corrected chi connectivity index (χ3v) is 2.74. The minimum atomic E-state index is -1.06. The molecule has 0 aromatic heterocycles. The van der Waals surface area contributed by atoms with E-state index in [9.17, 15) is 9.59 Å². The second-order valence-corrected chi connectivity index (χ2v) is 4.14. The van der Waals surface area contributed by atoms with Crippen LogP contribution in [0.15, 0.2) is 30.3 Å². The SMILES string of the molecule is O=C[C@]1(COCc2ccccc2)CCC(=O)O1. The minimum absolute atomic E-state index is 0.122. The predicted octanol–water partition coefficient (Wildman–Crippen LogP) is 1.48. The third kappa shape index (κ3) is 2.91. The number of hydrogen-bond donors (Lipinski definition) is 0. The van der Waals surface area contributed by atoms with E-state index in [1.807, 2.05) is 30.3 Å². The predicted molar refractivity (Wildman–Crippen MR) is 60.2 cm³/mol. The van der Waals surface area contributed by atoms with E-state index in [1.54, 1.807) is 0 Å². The molecule has 0 radical (unpaired) electrons. The van der Waals surface area contributed by atoms with Crippen molar-refractivity contribution in [3.8, 4) is 0 Å². The molecule has 1 aliphatic rings. The molecule has 2 rings (SSSR count). The van der Waals surface area contributed by atoms with Crippen LogP contribution in [-0.2, 0) is 25.7 Å². The fourth-order valence-corrected chi connectivity index (χ4v) is 1.78. The Hall–Kier alpha value is -1.68. The summed E-state index contributed by atoms with van der Waals surface area (Å²) in [6.45, 7) is 0.533. The van der Waals surface area contributed by atoms with Gasteiger partial charge in [0.15, 0.2) is 11.9 Å². The van der Waals surface area contributed by atoms with Crippen molar-refractivity contribution < 1.29 is 19.1 Å². The molecule has 0 bridgehead atoms. The lowest BCUT2D eigenvalue weighted by atomic mass is 10.0. The normalized spacial score (nSPS) is 23.4. The van der Waals surface area contributed by atoms with Crippen molar-refractivity contribution in [2.24, 2.45) is 0 Å². The molecule has 0 saturated carbocycles. The molecule has 90 valence electrons. The molecule has 0 unspecified atom stereocenters.